The lowest BCUT2D eigenvalue weighted by molar-refractivity contribution is -0.129. The van der Waals surface area contributed by atoms with E-state index in [9.17, 15) is 4.79 Å². The number of carbonyl (C=O) groups excluding carboxylic acids is 1. The molecule has 0 heterocycles. The summed E-state index contributed by atoms with van der Waals surface area (Å²) in [5.74, 6) is 0.0767. The molecule has 0 aliphatic carbocycles. The van der Waals surface area contributed by atoms with Crippen molar-refractivity contribution in [3.8, 4) is 0 Å². The minimum Gasteiger partial charge on any atom is -0.340 e. The van der Waals surface area contributed by atoms with Crippen molar-refractivity contribution in [2.24, 2.45) is 0 Å². The molecule has 110 valence electrons. The maximum absolute atomic E-state index is 12.0. The third-order valence-corrected chi connectivity index (χ3v) is 3.46. The Balaban J connectivity index is 1.75. The van der Waals surface area contributed by atoms with E-state index in [1.807, 2.05) is 61.6 Å². The highest BCUT2D eigenvalue weighted by Gasteiger charge is 2.08. The van der Waals surface area contributed by atoms with E-state index < -0.39 is 0 Å². The highest BCUT2D eigenvalue weighted by molar-refractivity contribution is 6.30. The van der Waals surface area contributed by atoms with Crippen LogP contribution in [0.25, 0.3) is 0 Å². The van der Waals surface area contributed by atoms with Gasteiger partial charge in [0.15, 0.2) is 0 Å². The quantitative estimate of drug-likeness (QED) is 0.889. The topological polar surface area (TPSA) is 32.3 Å². The normalized spacial score (nSPS) is 10.4. The monoisotopic (exact) mass is 302 g/mol. The van der Waals surface area contributed by atoms with Gasteiger partial charge in [-0.1, -0.05) is 54.1 Å². The van der Waals surface area contributed by atoms with Crippen LogP contribution in [0.5, 0.6) is 0 Å². The molecule has 4 heteroatoms. The minimum absolute atomic E-state index is 0.0767. The average Bonchev–Trinajstić information content (AvgIpc) is 2.50. The number of rotatable bonds is 6. The van der Waals surface area contributed by atoms with Crippen molar-refractivity contribution in [1.82, 2.24) is 10.2 Å². The summed E-state index contributed by atoms with van der Waals surface area (Å²) in [6.07, 6.45) is 0. The third kappa shape index (κ3) is 5.21. The first-order valence-electron chi connectivity index (χ1n) is 6.88. The number of amides is 1. The van der Waals surface area contributed by atoms with Crippen LogP contribution in [0.3, 0.4) is 0 Å². The number of nitrogens with one attached hydrogen (secondary N) is 1. The van der Waals surface area contributed by atoms with Crippen LogP contribution in [0.4, 0.5) is 0 Å². The Morgan fingerprint density at radius 2 is 1.71 bits per heavy atom. The summed E-state index contributed by atoms with van der Waals surface area (Å²) < 4.78 is 0. The molecule has 0 fully saturated rings. The minimum atomic E-state index is 0.0767. The Labute approximate surface area is 130 Å². The van der Waals surface area contributed by atoms with Crippen LogP contribution in [0.2, 0.25) is 5.02 Å². The number of benzene rings is 2. The summed E-state index contributed by atoms with van der Waals surface area (Å²) in [5.41, 5.74) is 2.24. The molecule has 0 unspecified atom stereocenters. The molecule has 2 rings (SSSR count). The van der Waals surface area contributed by atoms with Gasteiger partial charge in [0.2, 0.25) is 5.91 Å². The predicted molar refractivity (Wildman–Crippen MR) is 86.1 cm³/mol. The van der Waals surface area contributed by atoms with E-state index in [0.717, 1.165) is 16.1 Å². The van der Waals surface area contributed by atoms with E-state index in [2.05, 4.69) is 5.32 Å². The van der Waals surface area contributed by atoms with Gasteiger partial charge in [-0.3, -0.25) is 4.79 Å². The zero-order chi connectivity index (χ0) is 15.1. The van der Waals surface area contributed by atoms with Crippen LogP contribution in [-0.4, -0.2) is 24.4 Å². The molecule has 0 bridgehead atoms. The molecule has 1 N–H and O–H groups in total. The average molecular weight is 303 g/mol. The number of likely N-dealkylation sites (N-methyl/N-ethyl adjacent to an activating group) is 1. The van der Waals surface area contributed by atoms with E-state index >= 15 is 0 Å². The van der Waals surface area contributed by atoms with Gasteiger partial charge in [0, 0.05) is 25.2 Å². The van der Waals surface area contributed by atoms with Crippen LogP contribution in [0.1, 0.15) is 11.1 Å². The van der Waals surface area contributed by atoms with E-state index in [1.54, 1.807) is 4.90 Å². The smallest absolute Gasteiger partial charge is 0.236 e. The standard InChI is InChI=1S/C17H19ClN2O/c1-20(13-15-5-3-2-4-6-15)17(21)12-19-11-14-7-9-16(18)10-8-14/h2-10,19H,11-13H2,1H3. The van der Waals surface area contributed by atoms with Crippen LogP contribution < -0.4 is 5.32 Å². The summed E-state index contributed by atoms with van der Waals surface area (Å²) in [6.45, 7) is 1.61. The van der Waals surface area contributed by atoms with Gasteiger partial charge < -0.3 is 10.2 Å². The zero-order valence-corrected chi connectivity index (χ0v) is 12.8. The van der Waals surface area contributed by atoms with E-state index in [1.165, 1.54) is 0 Å². The van der Waals surface area contributed by atoms with Crippen LogP contribution in [0.15, 0.2) is 54.6 Å². The summed E-state index contributed by atoms with van der Waals surface area (Å²) in [7, 11) is 1.82. The van der Waals surface area contributed by atoms with Gasteiger partial charge in [-0.05, 0) is 23.3 Å². The second kappa shape index (κ2) is 7.81. The third-order valence-electron chi connectivity index (χ3n) is 3.21. The SMILES string of the molecule is CN(Cc1ccccc1)C(=O)CNCc1ccc(Cl)cc1. The number of nitrogens with zero attached hydrogens (tertiary/aromatic N) is 1. The highest BCUT2D eigenvalue weighted by Crippen LogP contribution is 2.09. The van der Waals surface area contributed by atoms with Gasteiger partial charge in [0.1, 0.15) is 0 Å². The molecule has 0 saturated heterocycles. The molecule has 0 aromatic heterocycles. The van der Waals surface area contributed by atoms with Crippen molar-refractivity contribution in [1.29, 1.82) is 0 Å². The fourth-order valence-electron chi connectivity index (χ4n) is 2.00. The summed E-state index contributed by atoms with van der Waals surface area (Å²) in [5, 5.41) is 3.87. The largest absolute Gasteiger partial charge is 0.340 e. The molecule has 1 amide bonds. The lowest BCUT2D eigenvalue weighted by atomic mass is 10.2. The Kier molecular flexibility index (Phi) is 5.78. The van der Waals surface area contributed by atoms with Crippen molar-refractivity contribution in [3.63, 3.8) is 0 Å². The number of halogens is 1. The van der Waals surface area contributed by atoms with Gasteiger partial charge in [-0.25, -0.2) is 0 Å². The zero-order valence-electron chi connectivity index (χ0n) is 12.1. The lowest BCUT2D eigenvalue weighted by Gasteiger charge is -2.17. The van der Waals surface area contributed by atoms with Crippen molar-refractivity contribution in [3.05, 3.63) is 70.7 Å². The van der Waals surface area contributed by atoms with Gasteiger partial charge in [-0.15, -0.1) is 0 Å². The number of carbonyl (C=O) groups is 1. The molecule has 21 heavy (non-hydrogen) atoms. The van der Waals surface area contributed by atoms with Crippen molar-refractivity contribution >= 4 is 17.5 Å². The summed E-state index contributed by atoms with van der Waals surface area (Å²) in [6, 6.07) is 17.6. The van der Waals surface area contributed by atoms with E-state index in [4.69, 9.17) is 11.6 Å². The van der Waals surface area contributed by atoms with Gasteiger partial charge in [0.05, 0.1) is 6.54 Å². The molecular weight excluding hydrogens is 284 g/mol. The molecule has 3 nitrogen and oxygen atoms in total. The summed E-state index contributed by atoms with van der Waals surface area (Å²) >= 11 is 5.83. The maximum atomic E-state index is 12.0. The maximum Gasteiger partial charge on any atom is 0.236 e. The molecular formula is C17H19ClN2O. The Bertz CT molecular complexity index is 569. The van der Waals surface area contributed by atoms with Crippen molar-refractivity contribution < 1.29 is 4.79 Å². The molecule has 0 radical (unpaired) electrons. The van der Waals surface area contributed by atoms with Gasteiger partial charge >= 0.3 is 0 Å². The summed E-state index contributed by atoms with van der Waals surface area (Å²) in [4.78, 5) is 13.8. The molecule has 0 aliphatic rings. The van der Waals surface area contributed by atoms with Gasteiger partial charge in [0.25, 0.3) is 0 Å². The highest BCUT2D eigenvalue weighted by atomic mass is 35.5. The Morgan fingerprint density at radius 3 is 2.38 bits per heavy atom. The predicted octanol–water partition coefficient (Wildman–Crippen LogP) is 3.09. The first kappa shape index (κ1) is 15.5. The Hall–Kier alpha value is -1.84. The lowest BCUT2D eigenvalue weighted by Crippen LogP contribution is -2.34. The number of hydrogen-bond donors (Lipinski definition) is 1. The van der Waals surface area contributed by atoms with Crippen LogP contribution in [-0.2, 0) is 17.9 Å². The second-order valence-corrected chi connectivity index (χ2v) is 5.40. The molecule has 0 aliphatic heterocycles. The molecule has 2 aromatic carbocycles. The number of hydrogen-bond acceptors (Lipinski definition) is 2. The molecule has 0 saturated carbocycles. The van der Waals surface area contributed by atoms with E-state index in [-0.39, 0.29) is 5.91 Å². The van der Waals surface area contributed by atoms with Crippen molar-refractivity contribution in [2.75, 3.05) is 13.6 Å². The van der Waals surface area contributed by atoms with E-state index in [0.29, 0.717) is 19.6 Å². The Morgan fingerprint density at radius 1 is 1.05 bits per heavy atom. The molecule has 0 atom stereocenters. The fraction of sp³-hybridized carbons (Fsp3) is 0.235. The van der Waals surface area contributed by atoms with Crippen LogP contribution in [0, 0.1) is 0 Å². The van der Waals surface area contributed by atoms with Crippen molar-refractivity contribution in [2.45, 2.75) is 13.1 Å². The van der Waals surface area contributed by atoms with Gasteiger partial charge in [-0.2, -0.15) is 0 Å². The first-order valence-corrected chi connectivity index (χ1v) is 7.26. The second-order valence-electron chi connectivity index (χ2n) is 4.97. The first-order chi connectivity index (χ1) is 10.1. The van der Waals surface area contributed by atoms with Crippen LogP contribution >= 0.6 is 11.6 Å². The molecule has 2 aromatic rings. The fourth-order valence-corrected chi connectivity index (χ4v) is 2.12. The molecule has 0 spiro atoms.